The van der Waals surface area contributed by atoms with E-state index in [9.17, 15) is 4.79 Å². The van der Waals surface area contributed by atoms with Gasteiger partial charge in [0.05, 0.1) is 6.61 Å². The number of ether oxygens (including phenoxy) is 1. The Labute approximate surface area is 104 Å². The molecule has 2 heterocycles. The van der Waals surface area contributed by atoms with Crippen LogP contribution in [0.4, 0.5) is 0 Å². The molecule has 0 aliphatic carbocycles. The summed E-state index contributed by atoms with van der Waals surface area (Å²) in [5, 5.41) is 4.37. The van der Waals surface area contributed by atoms with Crippen LogP contribution in [-0.2, 0) is 4.74 Å². The molecule has 5 nitrogen and oxygen atoms in total. The van der Waals surface area contributed by atoms with Crippen molar-refractivity contribution in [1.29, 1.82) is 0 Å². The minimum absolute atomic E-state index is 0.282. The van der Waals surface area contributed by atoms with Crippen molar-refractivity contribution in [3.05, 3.63) is 27.6 Å². The van der Waals surface area contributed by atoms with E-state index in [1.165, 1.54) is 4.52 Å². The molecule has 0 saturated carbocycles. The molecule has 0 amide bonds. The Kier molecular flexibility index (Phi) is 3.11. The van der Waals surface area contributed by atoms with Gasteiger partial charge in [0.15, 0.2) is 5.65 Å². The largest absolute Gasteiger partial charge is 0.462 e. The second-order valence-electron chi connectivity index (χ2n) is 2.90. The van der Waals surface area contributed by atoms with Gasteiger partial charge in [-0.1, -0.05) is 11.6 Å². The van der Waals surface area contributed by atoms with E-state index in [1.54, 1.807) is 19.2 Å². The second-order valence-corrected chi connectivity index (χ2v) is 4.04. The van der Waals surface area contributed by atoms with Gasteiger partial charge in [0, 0.05) is 6.20 Å². The molecule has 84 valence electrons. The monoisotopic (exact) mass is 303 g/mol. The zero-order valence-corrected chi connectivity index (χ0v) is 10.6. The zero-order chi connectivity index (χ0) is 11.7. The van der Waals surface area contributed by atoms with Gasteiger partial charge in [-0.15, -0.1) is 0 Å². The maximum atomic E-state index is 11.7. The number of carbonyl (C=O) groups is 1. The van der Waals surface area contributed by atoms with Crippen LogP contribution in [0.1, 0.15) is 17.3 Å². The summed E-state index contributed by atoms with van der Waals surface area (Å²) < 4.78 is 6.76. The van der Waals surface area contributed by atoms with Gasteiger partial charge in [-0.2, -0.15) is 5.10 Å². The van der Waals surface area contributed by atoms with E-state index in [0.717, 1.165) is 0 Å². The Balaban J connectivity index is 2.62. The molecule has 0 aliphatic rings. The summed E-state index contributed by atoms with van der Waals surface area (Å²) >= 11 is 8.95. The number of esters is 1. The van der Waals surface area contributed by atoms with Crippen molar-refractivity contribution in [2.45, 2.75) is 6.92 Å². The van der Waals surface area contributed by atoms with Gasteiger partial charge in [0.1, 0.15) is 15.3 Å². The molecule has 0 aliphatic heterocycles. The Hall–Kier alpha value is -1.14. The van der Waals surface area contributed by atoms with Gasteiger partial charge >= 0.3 is 5.97 Å². The second kappa shape index (κ2) is 4.39. The summed E-state index contributed by atoms with van der Waals surface area (Å²) in [5.74, 6) is -0.473. The predicted octanol–water partition coefficient (Wildman–Crippen LogP) is 2.32. The summed E-state index contributed by atoms with van der Waals surface area (Å²) in [6.45, 7) is 2.03. The normalized spacial score (nSPS) is 10.7. The summed E-state index contributed by atoms with van der Waals surface area (Å²) in [6, 6.07) is 1.59. The lowest BCUT2D eigenvalue weighted by atomic mass is 10.3. The number of aromatic nitrogens is 3. The topological polar surface area (TPSA) is 56.5 Å². The molecule has 2 aromatic heterocycles. The van der Waals surface area contributed by atoms with Crippen LogP contribution < -0.4 is 0 Å². The highest BCUT2D eigenvalue weighted by molar-refractivity contribution is 9.10. The van der Waals surface area contributed by atoms with Crippen molar-refractivity contribution in [3.8, 4) is 0 Å². The highest BCUT2D eigenvalue weighted by Crippen LogP contribution is 2.21. The van der Waals surface area contributed by atoms with Crippen molar-refractivity contribution in [3.63, 3.8) is 0 Å². The van der Waals surface area contributed by atoms with Crippen molar-refractivity contribution in [1.82, 2.24) is 14.6 Å². The standard InChI is InChI=1S/C9H7BrClN3O2/c1-2-16-9(15)6-7(10)13-14-4-3-5(11)12-8(6)14/h3-4H,2H2,1H3. The Bertz CT molecular complexity index is 555. The average Bonchev–Trinajstić information content (AvgIpc) is 2.53. The first kappa shape index (κ1) is 11.3. The minimum atomic E-state index is -0.473. The number of halogens is 2. The van der Waals surface area contributed by atoms with E-state index in [1.807, 2.05) is 0 Å². The molecule has 7 heteroatoms. The Morgan fingerprint density at radius 3 is 3.12 bits per heavy atom. The van der Waals surface area contributed by atoms with Gasteiger partial charge in [0.25, 0.3) is 0 Å². The number of carbonyl (C=O) groups excluding carboxylic acids is 1. The Morgan fingerprint density at radius 2 is 2.44 bits per heavy atom. The van der Waals surface area contributed by atoms with Gasteiger partial charge in [-0.25, -0.2) is 14.3 Å². The van der Waals surface area contributed by atoms with Crippen molar-refractivity contribution in [2.24, 2.45) is 0 Å². The molecule has 0 unspecified atom stereocenters. The molecule has 2 rings (SSSR count). The lowest BCUT2D eigenvalue weighted by molar-refractivity contribution is 0.0527. The van der Waals surface area contributed by atoms with Gasteiger partial charge in [-0.3, -0.25) is 0 Å². The lowest BCUT2D eigenvalue weighted by Crippen LogP contribution is -2.05. The van der Waals surface area contributed by atoms with Gasteiger partial charge < -0.3 is 4.74 Å². The molecule has 0 N–H and O–H groups in total. The van der Waals surface area contributed by atoms with Crippen molar-refractivity contribution >= 4 is 39.1 Å². The maximum absolute atomic E-state index is 11.7. The highest BCUT2D eigenvalue weighted by atomic mass is 79.9. The summed E-state index contributed by atoms with van der Waals surface area (Å²) in [4.78, 5) is 15.7. The van der Waals surface area contributed by atoms with Crippen molar-refractivity contribution < 1.29 is 9.53 Å². The van der Waals surface area contributed by atoms with Crippen LogP contribution in [0, 0.1) is 0 Å². The highest BCUT2D eigenvalue weighted by Gasteiger charge is 2.20. The summed E-state index contributed by atoms with van der Waals surface area (Å²) in [5.41, 5.74) is 0.655. The zero-order valence-electron chi connectivity index (χ0n) is 8.28. The third-order valence-corrected chi connectivity index (χ3v) is 2.65. The SMILES string of the molecule is CCOC(=O)c1c(Br)nn2ccc(Cl)nc12. The fourth-order valence-electron chi connectivity index (χ4n) is 1.26. The first-order valence-corrected chi connectivity index (χ1v) is 5.68. The molecule has 0 aromatic carbocycles. The van der Waals surface area contributed by atoms with Gasteiger partial charge in [0.2, 0.25) is 0 Å². The van der Waals surface area contributed by atoms with E-state index in [2.05, 4.69) is 26.0 Å². The van der Waals surface area contributed by atoms with E-state index < -0.39 is 5.97 Å². The third-order valence-electron chi connectivity index (χ3n) is 1.89. The Morgan fingerprint density at radius 1 is 1.69 bits per heavy atom. The van der Waals surface area contributed by atoms with Crippen LogP contribution in [0.3, 0.4) is 0 Å². The first-order valence-electron chi connectivity index (χ1n) is 4.51. The quantitative estimate of drug-likeness (QED) is 0.631. The van der Waals surface area contributed by atoms with Gasteiger partial charge in [-0.05, 0) is 28.9 Å². The molecule has 0 saturated heterocycles. The van der Waals surface area contributed by atoms with Crippen LogP contribution in [0.25, 0.3) is 5.65 Å². The smallest absolute Gasteiger partial charge is 0.344 e. The molecule has 0 spiro atoms. The maximum Gasteiger partial charge on any atom is 0.344 e. The number of nitrogens with zero attached hydrogens (tertiary/aromatic N) is 3. The molecule has 0 bridgehead atoms. The molecular weight excluding hydrogens is 297 g/mol. The number of hydrogen-bond acceptors (Lipinski definition) is 4. The van der Waals surface area contributed by atoms with E-state index >= 15 is 0 Å². The lowest BCUT2D eigenvalue weighted by Gasteiger charge is -1.99. The van der Waals surface area contributed by atoms with Crippen LogP contribution in [0.15, 0.2) is 16.9 Å². The summed E-state index contributed by atoms with van der Waals surface area (Å²) in [6.07, 6.45) is 1.62. The molecule has 0 fully saturated rings. The van der Waals surface area contributed by atoms with Crippen LogP contribution in [0.2, 0.25) is 5.15 Å². The third kappa shape index (κ3) is 1.90. The molecule has 0 atom stereocenters. The number of rotatable bonds is 2. The molecule has 2 aromatic rings. The minimum Gasteiger partial charge on any atom is -0.462 e. The fraction of sp³-hybridized carbons (Fsp3) is 0.222. The van der Waals surface area contributed by atoms with Crippen LogP contribution in [-0.4, -0.2) is 27.2 Å². The van der Waals surface area contributed by atoms with E-state index in [4.69, 9.17) is 16.3 Å². The number of fused-ring (bicyclic) bond motifs is 1. The molecular formula is C9H7BrClN3O2. The predicted molar refractivity (Wildman–Crippen MR) is 61.7 cm³/mol. The van der Waals surface area contributed by atoms with Crippen LogP contribution in [0.5, 0.6) is 0 Å². The van der Waals surface area contributed by atoms with E-state index in [0.29, 0.717) is 22.0 Å². The average molecular weight is 305 g/mol. The first-order chi connectivity index (χ1) is 7.63. The fourth-order valence-corrected chi connectivity index (χ4v) is 1.91. The van der Waals surface area contributed by atoms with Crippen molar-refractivity contribution in [2.75, 3.05) is 6.61 Å². The summed E-state index contributed by atoms with van der Waals surface area (Å²) in [7, 11) is 0. The number of hydrogen-bond donors (Lipinski definition) is 0. The van der Waals surface area contributed by atoms with Crippen LogP contribution >= 0.6 is 27.5 Å². The molecule has 16 heavy (non-hydrogen) atoms. The molecule has 0 radical (unpaired) electrons. The van der Waals surface area contributed by atoms with E-state index in [-0.39, 0.29) is 5.56 Å².